The zero-order chi connectivity index (χ0) is 28.9. The maximum Gasteiger partial charge on any atom is 0.413 e. The molecule has 0 saturated carbocycles. The molecule has 0 aliphatic rings. The number of benzene rings is 3. The van der Waals surface area contributed by atoms with E-state index in [1.54, 1.807) is 25.1 Å². The molecule has 40 heavy (non-hydrogen) atoms. The molecule has 0 bridgehead atoms. The normalized spacial score (nSPS) is 12.0. The molecule has 210 valence electrons. The standard InChI is InChI=1S/C30H35N5O5/c1-20(34-29(37)25(31)16-13-21-9-5-3-6-10-21)28(36)33-18-24-15-14-23(17-26(24)39-2)27(32)35-30(38)40-19-22-11-7-4-8-12-22/h3-12,14-15,17,20,25H,13,16,18-19,31H2,1-2H3,(H,33,36)(H,34,37)(H2,32,35,38)/t20-,25+/m0/s1. The summed E-state index contributed by atoms with van der Waals surface area (Å²) in [5.41, 5.74) is 8.98. The number of hydrogen-bond donors (Lipinski definition) is 5. The first-order valence-electron chi connectivity index (χ1n) is 12.9. The SMILES string of the molecule is COc1cc(C(=N)NC(=O)OCc2ccccc2)ccc1CNC(=O)[C@H](C)NC(=O)[C@H](N)CCc1ccccc1. The molecule has 3 amide bonds. The van der Waals surface area contributed by atoms with Crippen molar-refractivity contribution in [1.82, 2.24) is 16.0 Å². The number of alkyl carbamates (subject to hydrolysis) is 1. The maximum absolute atomic E-state index is 12.6. The van der Waals surface area contributed by atoms with E-state index in [0.717, 1.165) is 11.1 Å². The Morgan fingerprint density at radius 3 is 2.23 bits per heavy atom. The summed E-state index contributed by atoms with van der Waals surface area (Å²) in [4.78, 5) is 37.2. The third-order valence-corrected chi connectivity index (χ3v) is 6.14. The average Bonchev–Trinajstić information content (AvgIpc) is 2.98. The monoisotopic (exact) mass is 545 g/mol. The molecule has 6 N–H and O–H groups in total. The third-order valence-electron chi connectivity index (χ3n) is 6.14. The van der Waals surface area contributed by atoms with Crippen molar-refractivity contribution >= 4 is 23.7 Å². The topological polar surface area (TPSA) is 156 Å². The van der Waals surface area contributed by atoms with Crippen LogP contribution in [0.5, 0.6) is 5.75 Å². The number of carbonyl (C=O) groups excluding carboxylic acids is 3. The number of nitrogens with two attached hydrogens (primary N) is 1. The zero-order valence-electron chi connectivity index (χ0n) is 22.6. The van der Waals surface area contributed by atoms with Crippen LogP contribution in [0.4, 0.5) is 4.79 Å². The molecule has 0 saturated heterocycles. The minimum absolute atomic E-state index is 0.0837. The summed E-state index contributed by atoms with van der Waals surface area (Å²) < 4.78 is 10.6. The van der Waals surface area contributed by atoms with E-state index in [2.05, 4.69) is 16.0 Å². The van der Waals surface area contributed by atoms with Gasteiger partial charge in [-0.25, -0.2) is 4.79 Å². The quantitative estimate of drug-likeness (QED) is 0.174. The van der Waals surface area contributed by atoms with E-state index in [1.807, 2.05) is 60.7 Å². The number of carbonyl (C=O) groups is 3. The Kier molecular flexibility index (Phi) is 11.2. The van der Waals surface area contributed by atoms with Crippen LogP contribution in [0.2, 0.25) is 0 Å². The number of hydrogen-bond acceptors (Lipinski definition) is 7. The fourth-order valence-electron chi connectivity index (χ4n) is 3.80. The van der Waals surface area contributed by atoms with Crippen molar-refractivity contribution in [3.05, 3.63) is 101 Å². The summed E-state index contributed by atoms with van der Waals surface area (Å²) in [6.45, 7) is 1.80. The van der Waals surface area contributed by atoms with Gasteiger partial charge in [0.2, 0.25) is 11.8 Å². The molecular weight excluding hydrogens is 510 g/mol. The van der Waals surface area contributed by atoms with Gasteiger partial charge in [-0.15, -0.1) is 0 Å². The molecule has 0 fully saturated rings. The smallest absolute Gasteiger partial charge is 0.413 e. The van der Waals surface area contributed by atoms with E-state index in [0.29, 0.717) is 29.7 Å². The second kappa shape index (κ2) is 15.0. The average molecular weight is 546 g/mol. The first-order chi connectivity index (χ1) is 19.3. The number of nitrogens with one attached hydrogen (secondary N) is 4. The van der Waals surface area contributed by atoms with Crippen LogP contribution < -0.4 is 26.4 Å². The van der Waals surface area contributed by atoms with Crippen LogP contribution in [0.15, 0.2) is 78.9 Å². The van der Waals surface area contributed by atoms with Gasteiger partial charge < -0.3 is 25.8 Å². The van der Waals surface area contributed by atoms with Crippen molar-refractivity contribution in [2.24, 2.45) is 5.73 Å². The Labute approximate surface area is 233 Å². The lowest BCUT2D eigenvalue weighted by Crippen LogP contribution is -2.50. The Morgan fingerprint density at radius 2 is 1.57 bits per heavy atom. The molecule has 10 nitrogen and oxygen atoms in total. The number of ether oxygens (including phenoxy) is 2. The first-order valence-corrected chi connectivity index (χ1v) is 12.9. The van der Waals surface area contributed by atoms with Gasteiger partial charge >= 0.3 is 6.09 Å². The summed E-state index contributed by atoms with van der Waals surface area (Å²) in [6, 6.07) is 22.3. The highest BCUT2D eigenvalue weighted by atomic mass is 16.5. The molecule has 0 aromatic heterocycles. The van der Waals surface area contributed by atoms with Gasteiger partial charge in [-0.3, -0.25) is 20.3 Å². The van der Waals surface area contributed by atoms with E-state index in [9.17, 15) is 14.4 Å². The number of aryl methyl sites for hydroxylation is 1. The largest absolute Gasteiger partial charge is 0.496 e. The van der Waals surface area contributed by atoms with E-state index in [-0.39, 0.29) is 24.9 Å². The maximum atomic E-state index is 12.6. The van der Waals surface area contributed by atoms with Gasteiger partial charge in [-0.2, -0.15) is 0 Å². The van der Waals surface area contributed by atoms with Gasteiger partial charge in [0.15, 0.2) is 0 Å². The molecule has 0 unspecified atom stereocenters. The van der Waals surface area contributed by atoms with E-state index < -0.39 is 24.1 Å². The minimum atomic E-state index is -0.792. The van der Waals surface area contributed by atoms with Gasteiger partial charge in [-0.05, 0) is 37.0 Å². The Bertz CT molecular complexity index is 1300. The van der Waals surface area contributed by atoms with Gasteiger partial charge in [-0.1, -0.05) is 72.8 Å². The van der Waals surface area contributed by atoms with Crippen LogP contribution in [0.3, 0.4) is 0 Å². The molecule has 3 aromatic carbocycles. The first kappa shape index (κ1) is 29.9. The molecule has 3 aromatic rings. The van der Waals surface area contributed by atoms with Crippen LogP contribution in [-0.2, 0) is 33.9 Å². The van der Waals surface area contributed by atoms with Crippen molar-refractivity contribution in [2.75, 3.05) is 7.11 Å². The third kappa shape index (κ3) is 9.25. The molecule has 10 heteroatoms. The molecule has 2 atom stereocenters. The van der Waals surface area contributed by atoms with E-state index >= 15 is 0 Å². The molecular formula is C30H35N5O5. The van der Waals surface area contributed by atoms with E-state index in [4.69, 9.17) is 20.6 Å². The van der Waals surface area contributed by atoms with Crippen molar-refractivity contribution in [1.29, 1.82) is 5.41 Å². The molecule has 0 radical (unpaired) electrons. The van der Waals surface area contributed by atoms with Gasteiger partial charge in [0.1, 0.15) is 24.2 Å². The van der Waals surface area contributed by atoms with Crippen LogP contribution in [0, 0.1) is 5.41 Å². The van der Waals surface area contributed by atoms with Crippen molar-refractivity contribution in [3.8, 4) is 5.75 Å². The highest BCUT2D eigenvalue weighted by Crippen LogP contribution is 2.20. The lowest BCUT2D eigenvalue weighted by Gasteiger charge is -2.18. The van der Waals surface area contributed by atoms with Crippen molar-refractivity contribution < 1.29 is 23.9 Å². The second-order valence-corrected chi connectivity index (χ2v) is 9.17. The predicted octanol–water partition coefficient (Wildman–Crippen LogP) is 3.03. The summed E-state index contributed by atoms with van der Waals surface area (Å²) in [7, 11) is 1.47. The molecule has 3 rings (SSSR count). The molecule has 0 aliphatic carbocycles. The van der Waals surface area contributed by atoms with Gasteiger partial charge in [0, 0.05) is 17.7 Å². The molecule has 0 aliphatic heterocycles. The Hall–Kier alpha value is -4.70. The number of rotatable bonds is 12. The predicted molar refractivity (Wildman–Crippen MR) is 152 cm³/mol. The highest BCUT2D eigenvalue weighted by Gasteiger charge is 2.20. The van der Waals surface area contributed by atoms with Crippen LogP contribution in [0.25, 0.3) is 0 Å². The van der Waals surface area contributed by atoms with Crippen molar-refractivity contribution in [3.63, 3.8) is 0 Å². The number of amides is 3. The summed E-state index contributed by atoms with van der Waals surface area (Å²) in [6.07, 6.45) is 0.371. The fourth-order valence-corrected chi connectivity index (χ4v) is 3.80. The number of amidine groups is 1. The van der Waals surface area contributed by atoms with Crippen LogP contribution in [0.1, 0.15) is 35.6 Å². The highest BCUT2D eigenvalue weighted by molar-refractivity contribution is 6.04. The fraction of sp³-hybridized carbons (Fsp3) is 0.267. The van der Waals surface area contributed by atoms with Gasteiger partial charge in [0.05, 0.1) is 13.2 Å². The zero-order valence-corrected chi connectivity index (χ0v) is 22.6. The van der Waals surface area contributed by atoms with E-state index in [1.165, 1.54) is 7.11 Å². The lowest BCUT2D eigenvalue weighted by atomic mass is 10.1. The molecule has 0 spiro atoms. The Balaban J connectivity index is 1.46. The molecule has 0 heterocycles. The summed E-state index contributed by atoms with van der Waals surface area (Å²) in [5.74, 6) is -0.521. The summed E-state index contributed by atoms with van der Waals surface area (Å²) >= 11 is 0. The lowest BCUT2D eigenvalue weighted by molar-refractivity contribution is -0.129. The second-order valence-electron chi connectivity index (χ2n) is 9.17. The van der Waals surface area contributed by atoms with Crippen LogP contribution >= 0.6 is 0 Å². The Morgan fingerprint density at radius 1 is 0.925 bits per heavy atom. The number of methoxy groups -OCH3 is 1. The van der Waals surface area contributed by atoms with Gasteiger partial charge in [0.25, 0.3) is 0 Å². The summed E-state index contributed by atoms with van der Waals surface area (Å²) in [5, 5.41) is 16.0. The minimum Gasteiger partial charge on any atom is -0.496 e. The van der Waals surface area contributed by atoms with Crippen LogP contribution in [-0.4, -0.2) is 42.9 Å². The van der Waals surface area contributed by atoms with Crippen molar-refractivity contribution in [2.45, 2.75) is 45.0 Å².